The van der Waals surface area contributed by atoms with Gasteiger partial charge in [-0.3, -0.25) is 0 Å². The van der Waals surface area contributed by atoms with Crippen LogP contribution in [0, 0.1) is 0 Å². The van der Waals surface area contributed by atoms with Crippen LogP contribution >= 0.6 is 0 Å². The summed E-state index contributed by atoms with van der Waals surface area (Å²) < 4.78 is 11.8. The smallest absolute Gasteiger partial charge is 0.133 e. The molecule has 0 radical (unpaired) electrons. The highest BCUT2D eigenvalue weighted by Crippen LogP contribution is 2.52. The third kappa shape index (κ3) is 3.68. The minimum Gasteiger partial charge on any atom is -0.496 e. The number of methoxy groups -OCH3 is 2. The maximum atomic E-state index is 9.23. The number of rotatable bonds is 5. The fraction of sp³-hybridized carbons (Fsp3) is 0.440. The summed E-state index contributed by atoms with van der Waals surface area (Å²) in [5, 5.41) is 9.23. The maximum absolute atomic E-state index is 9.23. The van der Waals surface area contributed by atoms with E-state index in [9.17, 15) is 5.11 Å². The lowest BCUT2D eigenvalue weighted by Crippen LogP contribution is -2.34. The van der Waals surface area contributed by atoms with E-state index in [2.05, 4.69) is 45.9 Å². The van der Waals surface area contributed by atoms with E-state index in [1.54, 1.807) is 14.2 Å². The van der Waals surface area contributed by atoms with Crippen LogP contribution in [0.15, 0.2) is 30.3 Å². The molecule has 0 aromatic heterocycles. The van der Waals surface area contributed by atoms with Crippen molar-refractivity contribution in [2.45, 2.75) is 58.0 Å². The van der Waals surface area contributed by atoms with E-state index >= 15 is 0 Å². The van der Waals surface area contributed by atoms with Gasteiger partial charge in [-0.05, 0) is 52.5 Å². The molecule has 0 unspecified atom stereocenters. The van der Waals surface area contributed by atoms with Crippen LogP contribution in [0.3, 0.4) is 0 Å². The van der Waals surface area contributed by atoms with Gasteiger partial charge >= 0.3 is 0 Å². The molecule has 0 bridgehead atoms. The number of ether oxygens (including phenoxy) is 2. The number of aliphatic hydroxyl groups is 1. The van der Waals surface area contributed by atoms with Crippen LogP contribution in [0.2, 0.25) is 0 Å². The fourth-order valence-electron chi connectivity index (χ4n) is 4.19. The molecule has 0 heterocycles. The lowest BCUT2D eigenvalue weighted by atomic mass is 9.62. The van der Waals surface area contributed by atoms with Gasteiger partial charge in [0.1, 0.15) is 11.5 Å². The molecule has 1 aliphatic rings. The summed E-state index contributed by atoms with van der Waals surface area (Å²) in [6.45, 7) is 9.27. The van der Waals surface area contributed by atoms with Gasteiger partial charge in [-0.1, -0.05) is 58.0 Å². The lowest BCUT2D eigenvalue weighted by Gasteiger charge is -2.43. The molecule has 0 amide bonds. The van der Waals surface area contributed by atoms with E-state index < -0.39 is 0 Å². The quantitative estimate of drug-likeness (QED) is 0.675. The highest BCUT2D eigenvalue weighted by molar-refractivity contribution is 5.78. The Hall–Kier alpha value is -2.26. The third-order valence-corrected chi connectivity index (χ3v) is 6.09. The van der Waals surface area contributed by atoms with Gasteiger partial charge < -0.3 is 14.6 Å². The van der Waals surface area contributed by atoms with E-state index in [-0.39, 0.29) is 17.4 Å². The van der Waals surface area contributed by atoms with Gasteiger partial charge in [0.05, 0.1) is 26.4 Å². The summed E-state index contributed by atoms with van der Waals surface area (Å²) in [7, 11) is 3.47. The Morgan fingerprint density at radius 2 is 1.57 bits per heavy atom. The van der Waals surface area contributed by atoms with Crippen molar-refractivity contribution in [3.8, 4) is 11.5 Å². The zero-order valence-corrected chi connectivity index (χ0v) is 17.9. The molecule has 2 aromatic carbocycles. The molecule has 3 rings (SSSR count). The molecule has 3 heteroatoms. The highest BCUT2D eigenvalue weighted by Gasteiger charge is 2.40. The van der Waals surface area contributed by atoms with Crippen LogP contribution in [-0.2, 0) is 17.4 Å². The average Bonchev–Trinajstić information content (AvgIpc) is 2.69. The average molecular weight is 381 g/mol. The first kappa shape index (κ1) is 20.5. The number of benzene rings is 2. The van der Waals surface area contributed by atoms with Gasteiger partial charge in [0.25, 0.3) is 0 Å². The number of hydrogen-bond donors (Lipinski definition) is 1. The van der Waals surface area contributed by atoms with Gasteiger partial charge in [-0.25, -0.2) is 0 Å². The minimum atomic E-state index is 0.0494. The summed E-state index contributed by atoms with van der Waals surface area (Å²) in [4.78, 5) is 0. The first-order valence-electron chi connectivity index (χ1n) is 9.91. The summed E-state index contributed by atoms with van der Waals surface area (Å²) in [5.74, 6) is 1.75. The largest absolute Gasteiger partial charge is 0.496 e. The Bertz CT molecular complexity index is 874. The molecule has 0 saturated carbocycles. The van der Waals surface area contributed by atoms with Crippen molar-refractivity contribution in [3.05, 3.63) is 58.1 Å². The van der Waals surface area contributed by atoms with Gasteiger partial charge in [0, 0.05) is 5.56 Å². The second kappa shape index (κ2) is 7.63. The Labute approximate surface area is 169 Å². The van der Waals surface area contributed by atoms with Crippen molar-refractivity contribution in [1.82, 2.24) is 0 Å². The summed E-state index contributed by atoms with van der Waals surface area (Å²) in [6.07, 6.45) is 6.41. The van der Waals surface area contributed by atoms with Crippen molar-refractivity contribution in [3.63, 3.8) is 0 Å². The lowest BCUT2D eigenvalue weighted by molar-refractivity contribution is 0.282. The minimum absolute atomic E-state index is 0.0494. The molecule has 150 valence electrons. The molecule has 0 atom stereocenters. The standard InChI is InChI=1S/C25H32O3/c1-24(2)13-14-25(3,4)22-20(24)15-21(27-5)19(23(22)28-6)12-11-17-7-9-18(16-26)10-8-17/h7-12,15,26H,13-14,16H2,1-6H3. The molecule has 2 aromatic rings. The van der Waals surface area contributed by atoms with Crippen molar-refractivity contribution in [2.24, 2.45) is 0 Å². The predicted octanol–water partition coefficient (Wildman–Crippen LogP) is 5.72. The predicted molar refractivity (Wildman–Crippen MR) is 116 cm³/mol. The molecular weight excluding hydrogens is 348 g/mol. The monoisotopic (exact) mass is 380 g/mol. The topological polar surface area (TPSA) is 38.7 Å². The highest BCUT2D eigenvalue weighted by atomic mass is 16.5. The Kier molecular flexibility index (Phi) is 5.58. The van der Waals surface area contributed by atoms with Crippen LogP contribution in [0.1, 0.15) is 68.4 Å². The number of hydrogen-bond acceptors (Lipinski definition) is 3. The van der Waals surface area contributed by atoms with Crippen LogP contribution < -0.4 is 9.47 Å². The Morgan fingerprint density at radius 1 is 0.929 bits per heavy atom. The van der Waals surface area contributed by atoms with Crippen molar-refractivity contribution in [1.29, 1.82) is 0 Å². The fourth-order valence-corrected chi connectivity index (χ4v) is 4.19. The molecule has 0 aliphatic heterocycles. The summed E-state index contributed by atoms with van der Waals surface area (Å²) >= 11 is 0. The van der Waals surface area contributed by atoms with E-state index in [1.807, 2.05) is 24.3 Å². The molecular formula is C25H32O3. The van der Waals surface area contributed by atoms with E-state index in [4.69, 9.17) is 9.47 Å². The Morgan fingerprint density at radius 3 is 2.14 bits per heavy atom. The van der Waals surface area contributed by atoms with Crippen molar-refractivity contribution in [2.75, 3.05) is 14.2 Å². The second-order valence-electron chi connectivity index (χ2n) is 8.95. The maximum Gasteiger partial charge on any atom is 0.133 e. The van der Waals surface area contributed by atoms with Crippen LogP contribution in [0.4, 0.5) is 0 Å². The molecule has 1 N–H and O–H groups in total. The molecule has 1 aliphatic carbocycles. The van der Waals surface area contributed by atoms with Crippen LogP contribution in [-0.4, -0.2) is 19.3 Å². The molecule has 28 heavy (non-hydrogen) atoms. The van der Waals surface area contributed by atoms with Gasteiger partial charge in [0.15, 0.2) is 0 Å². The van der Waals surface area contributed by atoms with Gasteiger partial charge in [0.2, 0.25) is 0 Å². The zero-order chi connectivity index (χ0) is 20.5. The number of aliphatic hydroxyl groups excluding tert-OH is 1. The van der Waals surface area contributed by atoms with Crippen molar-refractivity contribution < 1.29 is 14.6 Å². The molecule has 0 fully saturated rings. The van der Waals surface area contributed by atoms with Gasteiger partial charge in [-0.15, -0.1) is 0 Å². The van der Waals surface area contributed by atoms with Crippen LogP contribution in [0.5, 0.6) is 11.5 Å². The Balaban J connectivity index is 2.16. The van der Waals surface area contributed by atoms with E-state index in [1.165, 1.54) is 11.1 Å². The van der Waals surface area contributed by atoms with Crippen LogP contribution in [0.25, 0.3) is 12.2 Å². The third-order valence-electron chi connectivity index (χ3n) is 6.09. The summed E-state index contributed by atoms with van der Waals surface area (Å²) in [6, 6.07) is 10.1. The zero-order valence-electron chi connectivity index (χ0n) is 17.9. The molecule has 0 spiro atoms. The first-order chi connectivity index (χ1) is 13.2. The van der Waals surface area contributed by atoms with Gasteiger partial charge in [-0.2, -0.15) is 0 Å². The molecule has 3 nitrogen and oxygen atoms in total. The van der Waals surface area contributed by atoms with E-state index in [0.717, 1.165) is 41.0 Å². The van der Waals surface area contributed by atoms with Crippen molar-refractivity contribution >= 4 is 12.2 Å². The molecule has 0 saturated heterocycles. The van der Waals surface area contributed by atoms with E-state index in [0.29, 0.717) is 0 Å². The normalized spacial score (nSPS) is 17.4. The second-order valence-corrected chi connectivity index (χ2v) is 8.95. The summed E-state index contributed by atoms with van der Waals surface area (Å²) in [5.41, 5.74) is 5.70. The number of fused-ring (bicyclic) bond motifs is 1. The first-order valence-corrected chi connectivity index (χ1v) is 9.91. The SMILES string of the molecule is COc1cc2c(c(OC)c1C=Cc1ccc(CO)cc1)C(C)(C)CCC2(C)C.